The van der Waals surface area contributed by atoms with Crippen molar-refractivity contribution >= 4 is 29.0 Å². The standard InChI is InChI=1S/C16H11ClF4N4O3/c1-7(14(27)28)23-10-5-11(9(18)4-8(10)17)25-13(26)6-12(16(19,20)21)24-3-2-22-15(24)25/h2-7,23H,1H3,(H,27,28). The molecule has 0 saturated carbocycles. The fourth-order valence-electron chi connectivity index (χ4n) is 2.56. The summed E-state index contributed by atoms with van der Waals surface area (Å²) in [6.07, 6.45) is -2.83. The summed E-state index contributed by atoms with van der Waals surface area (Å²) in [5.74, 6) is -2.70. The van der Waals surface area contributed by atoms with Crippen molar-refractivity contribution in [2.45, 2.75) is 19.1 Å². The highest BCUT2D eigenvalue weighted by atomic mass is 35.5. The summed E-state index contributed by atoms with van der Waals surface area (Å²) in [5, 5.41) is 11.3. The summed E-state index contributed by atoms with van der Waals surface area (Å²) >= 11 is 5.91. The maximum Gasteiger partial charge on any atom is 0.432 e. The molecule has 7 nitrogen and oxygen atoms in total. The second-order valence-electron chi connectivity index (χ2n) is 5.79. The molecule has 12 heteroatoms. The third-order valence-corrected chi connectivity index (χ3v) is 4.18. The number of nitrogens with zero attached hydrogens (tertiary/aromatic N) is 3. The Bertz CT molecular complexity index is 1140. The zero-order valence-corrected chi connectivity index (χ0v) is 14.7. The number of aliphatic carboxylic acids is 1. The lowest BCUT2D eigenvalue weighted by atomic mass is 10.2. The Kier molecular flexibility index (Phi) is 4.79. The van der Waals surface area contributed by atoms with Crippen molar-refractivity contribution in [3.8, 4) is 5.69 Å². The number of imidazole rings is 1. The summed E-state index contributed by atoms with van der Waals surface area (Å²) < 4.78 is 55.3. The van der Waals surface area contributed by atoms with Crippen LogP contribution in [-0.4, -0.2) is 31.1 Å². The number of fused-ring (bicyclic) bond motifs is 1. The first-order chi connectivity index (χ1) is 13.0. The van der Waals surface area contributed by atoms with E-state index >= 15 is 0 Å². The Labute approximate surface area is 158 Å². The van der Waals surface area contributed by atoms with Crippen LogP contribution in [0.25, 0.3) is 11.5 Å². The van der Waals surface area contributed by atoms with Gasteiger partial charge in [-0.25, -0.2) is 13.9 Å². The van der Waals surface area contributed by atoms with Crippen molar-refractivity contribution in [1.82, 2.24) is 14.0 Å². The lowest BCUT2D eigenvalue weighted by Crippen LogP contribution is -2.27. The first-order valence-corrected chi connectivity index (χ1v) is 8.03. The topological polar surface area (TPSA) is 88.6 Å². The fraction of sp³-hybridized carbons (Fsp3) is 0.188. The molecule has 148 valence electrons. The SMILES string of the molecule is CC(Nc1cc(-n2c(=O)cc(C(F)(F)F)n3ccnc23)c(F)cc1Cl)C(=O)O. The van der Waals surface area contributed by atoms with Crippen LogP contribution in [0.15, 0.2) is 35.4 Å². The number of anilines is 1. The second-order valence-corrected chi connectivity index (χ2v) is 6.19. The van der Waals surface area contributed by atoms with Gasteiger partial charge >= 0.3 is 12.1 Å². The molecule has 2 aromatic heterocycles. The number of rotatable bonds is 4. The number of carboxylic acid groups (broad SMARTS) is 1. The van der Waals surface area contributed by atoms with E-state index in [0.29, 0.717) is 15.0 Å². The van der Waals surface area contributed by atoms with Gasteiger partial charge in [0.1, 0.15) is 17.6 Å². The van der Waals surface area contributed by atoms with Gasteiger partial charge < -0.3 is 10.4 Å². The highest BCUT2D eigenvalue weighted by Crippen LogP contribution is 2.31. The molecular weight excluding hydrogens is 408 g/mol. The minimum absolute atomic E-state index is 0.0236. The number of alkyl halides is 3. The van der Waals surface area contributed by atoms with Crippen molar-refractivity contribution in [3.05, 3.63) is 57.5 Å². The van der Waals surface area contributed by atoms with Crippen LogP contribution >= 0.6 is 11.6 Å². The van der Waals surface area contributed by atoms with Crippen LogP contribution in [-0.2, 0) is 11.0 Å². The van der Waals surface area contributed by atoms with E-state index in [0.717, 1.165) is 24.5 Å². The van der Waals surface area contributed by atoms with Crippen LogP contribution in [0.1, 0.15) is 12.6 Å². The van der Waals surface area contributed by atoms with E-state index in [9.17, 15) is 27.2 Å². The number of halogens is 5. The molecule has 0 aliphatic rings. The summed E-state index contributed by atoms with van der Waals surface area (Å²) in [7, 11) is 0. The highest BCUT2D eigenvalue weighted by Gasteiger charge is 2.35. The number of hydrogen-bond acceptors (Lipinski definition) is 4. The second kappa shape index (κ2) is 6.82. The van der Waals surface area contributed by atoms with Crippen molar-refractivity contribution in [2.75, 3.05) is 5.32 Å². The summed E-state index contributed by atoms with van der Waals surface area (Å²) in [5.41, 5.74) is -2.91. The normalized spacial score (nSPS) is 12.9. The molecule has 3 aromatic rings. The average molecular weight is 419 g/mol. The van der Waals surface area contributed by atoms with Gasteiger partial charge in [0.05, 0.1) is 16.4 Å². The maximum absolute atomic E-state index is 14.5. The van der Waals surface area contributed by atoms with Crippen molar-refractivity contribution in [1.29, 1.82) is 0 Å². The molecule has 1 aromatic carbocycles. The average Bonchev–Trinajstić information content (AvgIpc) is 3.05. The van der Waals surface area contributed by atoms with Gasteiger partial charge in [-0.2, -0.15) is 13.2 Å². The summed E-state index contributed by atoms with van der Waals surface area (Å²) in [6.45, 7) is 1.30. The molecule has 0 aliphatic carbocycles. The van der Waals surface area contributed by atoms with Crippen LogP contribution in [0.3, 0.4) is 0 Å². The van der Waals surface area contributed by atoms with Crippen molar-refractivity contribution < 1.29 is 27.5 Å². The Morgan fingerprint density at radius 2 is 2.00 bits per heavy atom. The van der Waals surface area contributed by atoms with Gasteiger partial charge in [0.2, 0.25) is 5.78 Å². The van der Waals surface area contributed by atoms with E-state index in [1.807, 2.05) is 0 Å². The number of aromatic nitrogens is 3. The van der Waals surface area contributed by atoms with Gasteiger partial charge in [0.25, 0.3) is 5.56 Å². The van der Waals surface area contributed by atoms with E-state index in [1.165, 1.54) is 6.92 Å². The van der Waals surface area contributed by atoms with Crippen LogP contribution in [0, 0.1) is 5.82 Å². The summed E-state index contributed by atoms with van der Waals surface area (Å²) in [4.78, 5) is 27.1. The number of carboxylic acids is 1. The smallest absolute Gasteiger partial charge is 0.432 e. The van der Waals surface area contributed by atoms with Crippen LogP contribution < -0.4 is 10.9 Å². The predicted molar refractivity (Wildman–Crippen MR) is 91.5 cm³/mol. The van der Waals surface area contributed by atoms with E-state index in [-0.39, 0.29) is 10.7 Å². The zero-order chi connectivity index (χ0) is 20.8. The molecule has 1 atom stereocenters. The van der Waals surface area contributed by atoms with Gasteiger partial charge in [-0.1, -0.05) is 11.6 Å². The largest absolute Gasteiger partial charge is 0.480 e. The molecule has 2 heterocycles. The highest BCUT2D eigenvalue weighted by molar-refractivity contribution is 6.33. The van der Waals surface area contributed by atoms with E-state index < -0.39 is 46.7 Å². The van der Waals surface area contributed by atoms with Gasteiger partial charge in [-0.3, -0.25) is 14.0 Å². The molecule has 3 rings (SSSR count). The minimum atomic E-state index is -4.83. The monoisotopic (exact) mass is 418 g/mol. The molecule has 0 bridgehead atoms. The lowest BCUT2D eigenvalue weighted by Gasteiger charge is -2.17. The number of hydrogen-bond donors (Lipinski definition) is 2. The Hall–Kier alpha value is -3.08. The molecule has 0 radical (unpaired) electrons. The first-order valence-electron chi connectivity index (χ1n) is 7.65. The minimum Gasteiger partial charge on any atom is -0.480 e. The fourth-order valence-corrected chi connectivity index (χ4v) is 2.76. The van der Waals surface area contributed by atoms with Gasteiger partial charge in [0, 0.05) is 18.5 Å². The third kappa shape index (κ3) is 3.40. The third-order valence-electron chi connectivity index (χ3n) is 3.87. The molecule has 1 unspecified atom stereocenters. The van der Waals surface area contributed by atoms with E-state index in [1.54, 1.807) is 0 Å². The molecule has 0 aliphatic heterocycles. The molecule has 2 N–H and O–H groups in total. The quantitative estimate of drug-likeness (QED) is 0.635. The van der Waals surface area contributed by atoms with Gasteiger partial charge in [0.15, 0.2) is 0 Å². The Morgan fingerprint density at radius 1 is 1.32 bits per heavy atom. The van der Waals surface area contributed by atoms with E-state index in [4.69, 9.17) is 16.7 Å². The van der Waals surface area contributed by atoms with Crippen LogP contribution in [0.5, 0.6) is 0 Å². The van der Waals surface area contributed by atoms with Gasteiger partial charge in [-0.15, -0.1) is 0 Å². The molecule has 0 saturated heterocycles. The lowest BCUT2D eigenvalue weighted by molar-refractivity contribution is -0.142. The number of carbonyl (C=O) groups is 1. The zero-order valence-electron chi connectivity index (χ0n) is 14.0. The molecular formula is C16H11ClF4N4O3. The first kappa shape index (κ1) is 19.7. The Balaban J connectivity index is 2.26. The molecule has 0 spiro atoms. The molecule has 0 fully saturated rings. The summed E-state index contributed by atoms with van der Waals surface area (Å²) in [6, 6.07) is 1.06. The van der Waals surface area contributed by atoms with Crippen molar-refractivity contribution in [3.63, 3.8) is 0 Å². The predicted octanol–water partition coefficient (Wildman–Crippen LogP) is 3.18. The Morgan fingerprint density at radius 3 is 2.61 bits per heavy atom. The van der Waals surface area contributed by atoms with E-state index in [2.05, 4.69) is 10.3 Å². The number of benzene rings is 1. The van der Waals surface area contributed by atoms with Crippen molar-refractivity contribution in [2.24, 2.45) is 0 Å². The molecule has 0 amide bonds. The van der Waals surface area contributed by atoms with Crippen LogP contribution in [0.4, 0.5) is 23.2 Å². The van der Waals surface area contributed by atoms with Gasteiger partial charge in [-0.05, 0) is 19.1 Å². The van der Waals surface area contributed by atoms with Crippen LogP contribution in [0.2, 0.25) is 5.02 Å². The molecule has 28 heavy (non-hydrogen) atoms. The maximum atomic E-state index is 14.5. The number of nitrogens with one attached hydrogen (secondary N) is 1.